The highest BCUT2D eigenvalue weighted by Gasteiger charge is 2.08. The van der Waals surface area contributed by atoms with Gasteiger partial charge in [-0.15, -0.1) is 6.42 Å². The molecule has 112 valence electrons. The topological polar surface area (TPSA) is 9.23 Å². The number of halogens is 1. The highest BCUT2D eigenvalue weighted by molar-refractivity contribution is 5.72. The van der Waals surface area contributed by atoms with Gasteiger partial charge in [-0.25, -0.2) is 4.39 Å². The number of hydrogen-bond donors (Lipinski definition) is 0. The lowest BCUT2D eigenvalue weighted by Crippen LogP contribution is -1.97. The van der Waals surface area contributed by atoms with Gasteiger partial charge >= 0.3 is 0 Å². The lowest BCUT2D eigenvalue weighted by atomic mass is 10.0. The lowest BCUT2D eigenvalue weighted by Gasteiger charge is -2.12. The standard InChI is InChI=1S/C21H15FO/c1-2-16-8-13-21(23-15-17-6-4-3-5-7-17)20(14-16)18-9-11-19(22)12-10-18/h1,3-14H,15H2. The van der Waals surface area contributed by atoms with Gasteiger partial charge in [-0.1, -0.05) is 48.4 Å². The first-order valence-electron chi connectivity index (χ1n) is 7.29. The summed E-state index contributed by atoms with van der Waals surface area (Å²) in [5.74, 6) is 3.07. The molecule has 0 saturated heterocycles. The van der Waals surface area contributed by atoms with Crippen molar-refractivity contribution in [2.45, 2.75) is 6.61 Å². The van der Waals surface area contributed by atoms with Gasteiger partial charge in [-0.3, -0.25) is 0 Å². The van der Waals surface area contributed by atoms with Crippen molar-refractivity contribution in [2.75, 3.05) is 0 Å². The van der Waals surface area contributed by atoms with Crippen LogP contribution >= 0.6 is 0 Å². The molecular formula is C21H15FO. The van der Waals surface area contributed by atoms with E-state index in [4.69, 9.17) is 11.2 Å². The molecule has 23 heavy (non-hydrogen) atoms. The third-order valence-electron chi connectivity index (χ3n) is 3.54. The van der Waals surface area contributed by atoms with Crippen LogP contribution in [-0.2, 0) is 6.61 Å². The van der Waals surface area contributed by atoms with Crippen molar-refractivity contribution < 1.29 is 9.13 Å². The maximum absolute atomic E-state index is 13.2. The van der Waals surface area contributed by atoms with E-state index in [-0.39, 0.29) is 5.82 Å². The van der Waals surface area contributed by atoms with E-state index in [0.717, 1.165) is 28.0 Å². The van der Waals surface area contributed by atoms with Gasteiger partial charge in [0.05, 0.1) is 0 Å². The van der Waals surface area contributed by atoms with Crippen molar-refractivity contribution in [3.8, 4) is 29.2 Å². The van der Waals surface area contributed by atoms with E-state index in [1.165, 1.54) is 12.1 Å². The van der Waals surface area contributed by atoms with Crippen molar-refractivity contribution in [2.24, 2.45) is 0 Å². The number of benzene rings is 3. The van der Waals surface area contributed by atoms with Crippen LogP contribution in [0, 0.1) is 18.2 Å². The van der Waals surface area contributed by atoms with Crippen LogP contribution in [0.25, 0.3) is 11.1 Å². The van der Waals surface area contributed by atoms with Crippen LogP contribution < -0.4 is 4.74 Å². The number of rotatable bonds is 4. The van der Waals surface area contributed by atoms with E-state index in [9.17, 15) is 4.39 Å². The van der Waals surface area contributed by atoms with Gasteiger partial charge in [0.2, 0.25) is 0 Å². The summed E-state index contributed by atoms with van der Waals surface area (Å²) in [6.07, 6.45) is 5.49. The van der Waals surface area contributed by atoms with Crippen LogP contribution in [0.1, 0.15) is 11.1 Å². The van der Waals surface area contributed by atoms with Gasteiger partial charge in [0.15, 0.2) is 0 Å². The molecule has 0 bridgehead atoms. The van der Waals surface area contributed by atoms with Crippen molar-refractivity contribution in [3.63, 3.8) is 0 Å². The SMILES string of the molecule is C#Cc1ccc(OCc2ccccc2)c(-c2ccc(F)cc2)c1. The third kappa shape index (κ3) is 3.59. The molecular weight excluding hydrogens is 287 g/mol. The van der Waals surface area contributed by atoms with Gasteiger partial charge in [-0.2, -0.15) is 0 Å². The maximum atomic E-state index is 13.2. The van der Waals surface area contributed by atoms with Crippen LogP contribution in [0.3, 0.4) is 0 Å². The third-order valence-corrected chi connectivity index (χ3v) is 3.54. The number of hydrogen-bond acceptors (Lipinski definition) is 1. The second kappa shape index (κ2) is 6.81. The number of ether oxygens (including phenoxy) is 1. The van der Waals surface area contributed by atoms with E-state index >= 15 is 0 Å². The minimum absolute atomic E-state index is 0.270. The van der Waals surface area contributed by atoms with Crippen LogP contribution in [0.2, 0.25) is 0 Å². The highest BCUT2D eigenvalue weighted by Crippen LogP contribution is 2.31. The Kier molecular flexibility index (Phi) is 4.40. The van der Waals surface area contributed by atoms with Gasteiger partial charge in [-0.05, 0) is 41.5 Å². The summed E-state index contributed by atoms with van der Waals surface area (Å²) >= 11 is 0. The molecule has 0 spiro atoms. The van der Waals surface area contributed by atoms with E-state index in [1.54, 1.807) is 12.1 Å². The van der Waals surface area contributed by atoms with Crippen LogP contribution in [0.5, 0.6) is 5.75 Å². The fourth-order valence-corrected chi connectivity index (χ4v) is 2.34. The minimum atomic E-state index is -0.270. The van der Waals surface area contributed by atoms with E-state index < -0.39 is 0 Å². The fourth-order valence-electron chi connectivity index (χ4n) is 2.34. The molecule has 0 aliphatic carbocycles. The smallest absolute Gasteiger partial charge is 0.127 e. The van der Waals surface area contributed by atoms with Gasteiger partial charge in [0.25, 0.3) is 0 Å². The molecule has 0 aliphatic rings. The first kappa shape index (κ1) is 14.9. The van der Waals surface area contributed by atoms with Crippen molar-refractivity contribution in [1.29, 1.82) is 0 Å². The van der Waals surface area contributed by atoms with Crippen LogP contribution in [0.4, 0.5) is 4.39 Å². The Morgan fingerprint density at radius 3 is 2.35 bits per heavy atom. The van der Waals surface area contributed by atoms with Gasteiger partial charge < -0.3 is 4.74 Å². The summed E-state index contributed by atoms with van der Waals surface area (Å²) in [7, 11) is 0. The molecule has 3 rings (SSSR count). The number of terminal acetylenes is 1. The second-order valence-electron chi connectivity index (χ2n) is 5.14. The Hall–Kier alpha value is -3.05. The summed E-state index contributed by atoms with van der Waals surface area (Å²) in [5, 5.41) is 0. The van der Waals surface area contributed by atoms with Crippen molar-refractivity contribution >= 4 is 0 Å². The van der Waals surface area contributed by atoms with E-state index in [0.29, 0.717) is 6.61 Å². The fraction of sp³-hybridized carbons (Fsp3) is 0.0476. The predicted molar refractivity (Wildman–Crippen MR) is 90.5 cm³/mol. The van der Waals surface area contributed by atoms with Gasteiger partial charge in [0, 0.05) is 11.1 Å². The normalized spacial score (nSPS) is 10.1. The van der Waals surface area contributed by atoms with Crippen LogP contribution in [-0.4, -0.2) is 0 Å². The van der Waals surface area contributed by atoms with Gasteiger partial charge in [0.1, 0.15) is 18.2 Å². The first-order valence-corrected chi connectivity index (χ1v) is 7.29. The molecule has 0 heterocycles. The minimum Gasteiger partial charge on any atom is -0.488 e. The molecule has 0 amide bonds. The molecule has 0 N–H and O–H groups in total. The largest absolute Gasteiger partial charge is 0.488 e. The second-order valence-corrected chi connectivity index (χ2v) is 5.14. The Labute approximate surface area is 135 Å². The summed E-state index contributed by atoms with van der Waals surface area (Å²) in [5.41, 5.74) is 3.57. The van der Waals surface area contributed by atoms with E-state index in [1.807, 2.05) is 48.5 Å². The Morgan fingerprint density at radius 2 is 1.65 bits per heavy atom. The molecule has 0 aliphatic heterocycles. The Bertz CT molecular complexity index is 830. The van der Waals surface area contributed by atoms with Crippen molar-refractivity contribution in [1.82, 2.24) is 0 Å². The summed E-state index contributed by atoms with van der Waals surface area (Å²) in [6.45, 7) is 0.463. The average molecular weight is 302 g/mol. The Balaban J connectivity index is 1.93. The highest BCUT2D eigenvalue weighted by atomic mass is 19.1. The zero-order chi connectivity index (χ0) is 16.1. The molecule has 0 unspecified atom stereocenters. The molecule has 0 atom stereocenters. The molecule has 0 aromatic heterocycles. The van der Waals surface area contributed by atoms with Crippen LogP contribution in [0.15, 0.2) is 72.8 Å². The summed E-state index contributed by atoms with van der Waals surface area (Å²) < 4.78 is 19.1. The molecule has 3 aromatic carbocycles. The first-order chi connectivity index (χ1) is 11.3. The molecule has 3 aromatic rings. The predicted octanol–water partition coefficient (Wildman–Crippen LogP) is 5.05. The zero-order valence-electron chi connectivity index (χ0n) is 12.5. The van der Waals surface area contributed by atoms with E-state index in [2.05, 4.69) is 5.92 Å². The molecule has 0 saturated carbocycles. The molecule has 1 nitrogen and oxygen atoms in total. The molecule has 0 radical (unpaired) electrons. The zero-order valence-corrected chi connectivity index (χ0v) is 12.5. The monoisotopic (exact) mass is 302 g/mol. The quantitative estimate of drug-likeness (QED) is 0.613. The van der Waals surface area contributed by atoms with Crippen molar-refractivity contribution in [3.05, 3.63) is 89.7 Å². The molecule has 2 heteroatoms. The Morgan fingerprint density at radius 1 is 0.913 bits per heavy atom. The summed E-state index contributed by atoms with van der Waals surface area (Å²) in [4.78, 5) is 0. The average Bonchev–Trinajstić information content (AvgIpc) is 2.61. The summed E-state index contributed by atoms with van der Waals surface area (Å²) in [6, 6.07) is 21.8. The maximum Gasteiger partial charge on any atom is 0.127 e. The lowest BCUT2D eigenvalue weighted by molar-refractivity contribution is 0.307. The molecule has 0 fully saturated rings.